The molecule has 1 fully saturated rings. The van der Waals surface area contributed by atoms with Crippen molar-refractivity contribution in [3.8, 4) is 11.5 Å². The summed E-state index contributed by atoms with van der Waals surface area (Å²) >= 11 is 6.78. The molecule has 0 aromatic heterocycles. The second kappa shape index (κ2) is 8.38. The first-order valence-corrected chi connectivity index (χ1v) is 9.94. The SMILES string of the molecule is COc1cc(Br)c(/C=C2\C(=O)NC(=O)N(c3ccc(Br)c(C)c3)C2=O)cc1OC. The number of urea groups is 1. The summed E-state index contributed by atoms with van der Waals surface area (Å²) in [6, 6.07) is 7.52. The number of amides is 4. The van der Waals surface area contributed by atoms with Gasteiger partial charge in [0.25, 0.3) is 11.8 Å². The minimum Gasteiger partial charge on any atom is -0.493 e. The smallest absolute Gasteiger partial charge is 0.335 e. The van der Waals surface area contributed by atoms with Crippen LogP contribution in [0.15, 0.2) is 44.9 Å². The second-order valence-corrected chi connectivity index (χ2v) is 7.83. The summed E-state index contributed by atoms with van der Waals surface area (Å²) in [4.78, 5) is 38.7. The Morgan fingerprint density at radius 3 is 2.24 bits per heavy atom. The molecular formula is C20H16Br2N2O5. The zero-order valence-corrected chi connectivity index (χ0v) is 18.9. The van der Waals surface area contributed by atoms with Crippen LogP contribution in [-0.2, 0) is 9.59 Å². The van der Waals surface area contributed by atoms with Gasteiger partial charge < -0.3 is 9.47 Å². The van der Waals surface area contributed by atoms with Gasteiger partial charge in [0.05, 0.1) is 19.9 Å². The van der Waals surface area contributed by atoms with Crippen molar-refractivity contribution in [2.24, 2.45) is 0 Å². The molecule has 9 heteroatoms. The lowest BCUT2D eigenvalue weighted by molar-refractivity contribution is -0.122. The molecule has 0 bridgehead atoms. The number of rotatable bonds is 4. The summed E-state index contributed by atoms with van der Waals surface area (Å²) in [5, 5.41) is 2.21. The van der Waals surface area contributed by atoms with Crippen molar-refractivity contribution in [3.05, 3.63) is 56.0 Å². The van der Waals surface area contributed by atoms with Gasteiger partial charge in [0.1, 0.15) is 5.57 Å². The Bertz CT molecular complexity index is 1070. The lowest BCUT2D eigenvalue weighted by Crippen LogP contribution is -2.54. The van der Waals surface area contributed by atoms with Gasteiger partial charge >= 0.3 is 6.03 Å². The number of carbonyl (C=O) groups excluding carboxylic acids is 3. The molecule has 7 nitrogen and oxygen atoms in total. The quantitative estimate of drug-likeness (QED) is 0.479. The van der Waals surface area contributed by atoms with Gasteiger partial charge in [-0.25, -0.2) is 9.69 Å². The average Bonchev–Trinajstić information content (AvgIpc) is 2.68. The van der Waals surface area contributed by atoms with Gasteiger partial charge in [0, 0.05) is 8.95 Å². The van der Waals surface area contributed by atoms with E-state index in [0.29, 0.717) is 27.2 Å². The summed E-state index contributed by atoms with van der Waals surface area (Å²) in [5.41, 5.74) is 1.53. The molecule has 29 heavy (non-hydrogen) atoms. The number of carbonyl (C=O) groups is 3. The van der Waals surface area contributed by atoms with Gasteiger partial charge in [0.15, 0.2) is 11.5 Å². The van der Waals surface area contributed by atoms with Crippen LogP contribution < -0.4 is 19.7 Å². The van der Waals surface area contributed by atoms with Crippen LogP contribution >= 0.6 is 31.9 Å². The van der Waals surface area contributed by atoms with Gasteiger partial charge in [-0.2, -0.15) is 0 Å². The zero-order valence-electron chi connectivity index (χ0n) is 15.7. The van der Waals surface area contributed by atoms with Crippen molar-refractivity contribution in [2.45, 2.75) is 6.92 Å². The Hall–Kier alpha value is -2.65. The van der Waals surface area contributed by atoms with E-state index in [1.807, 2.05) is 6.92 Å². The normalized spacial score (nSPS) is 15.6. The molecule has 1 N–H and O–H groups in total. The first kappa shape index (κ1) is 21.1. The molecule has 2 aromatic rings. The molecule has 0 saturated carbocycles. The van der Waals surface area contributed by atoms with Crippen LogP contribution in [-0.4, -0.2) is 32.1 Å². The minimum atomic E-state index is -0.801. The number of methoxy groups -OCH3 is 2. The van der Waals surface area contributed by atoms with E-state index in [-0.39, 0.29) is 5.57 Å². The number of imide groups is 2. The van der Waals surface area contributed by atoms with Gasteiger partial charge in [0.2, 0.25) is 0 Å². The van der Waals surface area contributed by atoms with E-state index < -0.39 is 17.8 Å². The van der Waals surface area contributed by atoms with Crippen molar-refractivity contribution in [3.63, 3.8) is 0 Å². The minimum absolute atomic E-state index is 0.182. The highest BCUT2D eigenvalue weighted by Gasteiger charge is 2.37. The largest absolute Gasteiger partial charge is 0.493 e. The molecule has 1 heterocycles. The Balaban J connectivity index is 2.07. The fraction of sp³-hybridized carbons (Fsp3) is 0.150. The van der Waals surface area contributed by atoms with E-state index in [9.17, 15) is 14.4 Å². The van der Waals surface area contributed by atoms with E-state index in [0.717, 1.165) is 14.9 Å². The van der Waals surface area contributed by atoms with Crippen LogP contribution in [0.4, 0.5) is 10.5 Å². The molecule has 1 saturated heterocycles. The fourth-order valence-electron chi connectivity index (χ4n) is 2.80. The third kappa shape index (κ3) is 4.06. The zero-order chi connectivity index (χ0) is 21.3. The van der Waals surface area contributed by atoms with Crippen LogP contribution in [0.5, 0.6) is 11.5 Å². The number of nitrogens with one attached hydrogen (secondary N) is 1. The number of hydrogen-bond donors (Lipinski definition) is 1. The summed E-state index contributed by atoms with van der Waals surface area (Å²) in [6.07, 6.45) is 1.40. The topological polar surface area (TPSA) is 84.9 Å². The maximum atomic E-state index is 13.0. The Kier molecular flexibility index (Phi) is 6.09. The number of ether oxygens (including phenoxy) is 2. The maximum Gasteiger partial charge on any atom is 0.335 e. The van der Waals surface area contributed by atoms with Crippen LogP contribution in [0.2, 0.25) is 0 Å². The molecule has 2 aromatic carbocycles. The summed E-state index contributed by atoms with van der Waals surface area (Å²) in [7, 11) is 2.99. The third-order valence-electron chi connectivity index (χ3n) is 4.30. The Morgan fingerprint density at radius 2 is 1.62 bits per heavy atom. The predicted octanol–water partition coefficient (Wildman–Crippen LogP) is 4.20. The molecule has 0 radical (unpaired) electrons. The van der Waals surface area contributed by atoms with Gasteiger partial charge in [-0.3, -0.25) is 14.9 Å². The highest BCUT2D eigenvalue weighted by molar-refractivity contribution is 9.10. The number of halogens is 2. The van der Waals surface area contributed by atoms with Crippen molar-refractivity contribution in [2.75, 3.05) is 19.1 Å². The van der Waals surface area contributed by atoms with E-state index in [4.69, 9.17) is 9.47 Å². The average molecular weight is 524 g/mol. The van der Waals surface area contributed by atoms with Crippen LogP contribution in [0.1, 0.15) is 11.1 Å². The lowest BCUT2D eigenvalue weighted by atomic mass is 10.1. The molecule has 0 aliphatic carbocycles. The monoisotopic (exact) mass is 522 g/mol. The molecular weight excluding hydrogens is 508 g/mol. The summed E-state index contributed by atoms with van der Waals surface area (Å²) < 4.78 is 11.9. The van der Waals surface area contributed by atoms with Gasteiger partial charge in [-0.1, -0.05) is 31.9 Å². The van der Waals surface area contributed by atoms with E-state index in [2.05, 4.69) is 37.2 Å². The molecule has 0 atom stereocenters. The highest BCUT2D eigenvalue weighted by atomic mass is 79.9. The van der Waals surface area contributed by atoms with Gasteiger partial charge in [-0.05, 0) is 54.5 Å². The van der Waals surface area contributed by atoms with E-state index in [1.165, 1.54) is 20.3 Å². The summed E-state index contributed by atoms with van der Waals surface area (Å²) in [5.74, 6) is -0.570. The van der Waals surface area contributed by atoms with Crippen LogP contribution in [0.3, 0.4) is 0 Å². The van der Waals surface area contributed by atoms with Crippen LogP contribution in [0.25, 0.3) is 6.08 Å². The molecule has 0 unspecified atom stereocenters. The fourth-order valence-corrected chi connectivity index (χ4v) is 3.48. The van der Waals surface area contributed by atoms with Crippen LogP contribution in [0, 0.1) is 6.92 Å². The van der Waals surface area contributed by atoms with Gasteiger partial charge in [-0.15, -0.1) is 0 Å². The first-order chi connectivity index (χ1) is 13.8. The maximum absolute atomic E-state index is 13.0. The molecule has 3 rings (SSSR count). The standard InChI is InChI=1S/C20H16Br2N2O5/c1-10-6-12(4-5-14(10)21)24-19(26)13(18(25)23-20(24)27)7-11-8-16(28-2)17(29-3)9-15(11)22/h4-9H,1-3H3,(H,23,25,27)/b13-7+. The number of benzene rings is 2. The molecule has 0 spiro atoms. The predicted molar refractivity (Wildman–Crippen MR) is 115 cm³/mol. The van der Waals surface area contributed by atoms with Crippen molar-refractivity contribution >= 4 is 61.5 Å². The molecule has 4 amide bonds. The number of hydrogen-bond acceptors (Lipinski definition) is 5. The highest BCUT2D eigenvalue weighted by Crippen LogP contribution is 2.35. The Labute approximate surface area is 183 Å². The van der Waals surface area contributed by atoms with Crippen molar-refractivity contribution in [1.29, 1.82) is 0 Å². The lowest BCUT2D eigenvalue weighted by Gasteiger charge is -2.26. The summed E-state index contributed by atoms with van der Waals surface area (Å²) in [6.45, 7) is 1.84. The number of aryl methyl sites for hydroxylation is 1. The molecule has 1 aliphatic heterocycles. The van der Waals surface area contributed by atoms with E-state index >= 15 is 0 Å². The second-order valence-electron chi connectivity index (χ2n) is 6.12. The third-order valence-corrected chi connectivity index (χ3v) is 5.88. The van der Waals surface area contributed by atoms with Crippen molar-refractivity contribution < 1.29 is 23.9 Å². The Morgan fingerprint density at radius 1 is 0.966 bits per heavy atom. The first-order valence-electron chi connectivity index (χ1n) is 8.36. The molecule has 150 valence electrons. The number of nitrogens with zero attached hydrogens (tertiary/aromatic N) is 1. The van der Waals surface area contributed by atoms with E-state index in [1.54, 1.807) is 30.3 Å². The number of anilines is 1. The molecule has 1 aliphatic rings. The number of barbiturate groups is 1. The van der Waals surface area contributed by atoms with Crippen molar-refractivity contribution in [1.82, 2.24) is 5.32 Å².